The van der Waals surface area contributed by atoms with Gasteiger partial charge in [-0.3, -0.25) is 9.78 Å². The molecule has 27 heavy (non-hydrogen) atoms. The number of likely N-dealkylation sites (tertiary alicyclic amines) is 2. The Morgan fingerprint density at radius 1 is 0.963 bits per heavy atom. The summed E-state index contributed by atoms with van der Waals surface area (Å²) in [4.78, 5) is 29.5. The van der Waals surface area contributed by atoms with E-state index < -0.39 is 0 Å². The molecule has 0 radical (unpaired) electrons. The molecule has 2 aliphatic rings. The van der Waals surface area contributed by atoms with Gasteiger partial charge in [0.2, 0.25) is 5.95 Å². The molecular formula is C20H26N6O. The van der Waals surface area contributed by atoms with Crippen molar-refractivity contribution in [3.05, 3.63) is 48.0 Å². The summed E-state index contributed by atoms with van der Waals surface area (Å²) < 4.78 is 0. The number of anilines is 1. The maximum atomic E-state index is 12.6. The maximum absolute atomic E-state index is 12.6. The van der Waals surface area contributed by atoms with Gasteiger partial charge in [0, 0.05) is 54.9 Å². The molecule has 0 spiro atoms. The zero-order valence-corrected chi connectivity index (χ0v) is 15.5. The van der Waals surface area contributed by atoms with Crippen molar-refractivity contribution in [1.82, 2.24) is 24.8 Å². The Morgan fingerprint density at radius 2 is 1.67 bits per heavy atom. The standard InChI is InChI=1S/C20H26N6O/c21-20-23-10-3-18(24-20)15-4-11-25(12-5-15)17-6-13-26(14-7-17)19(27)16-1-8-22-9-2-16/h1-3,8-10,15,17H,4-7,11-14H2,(H2,21,23,24). The van der Waals surface area contributed by atoms with Crippen LogP contribution in [0.25, 0.3) is 0 Å². The van der Waals surface area contributed by atoms with Crippen LogP contribution in [0.2, 0.25) is 0 Å². The first kappa shape index (κ1) is 17.9. The van der Waals surface area contributed by atoms with Crippen LogP contribution in [0.5, 0.6) is 0 Å². The Kier molecular flexibility index (Phi) is 5.29. The second kappa shape index (κ2) is 8.00. The summed E-state index contributed by atoms with van der Waals surface area (Å²) in [6, 6.07) is 6.14. The van der Waals surface area contributed by atoms with Crippen LogP contribution < -0.4 is 5.73 Å². The number of rotatable bonds is 3. The SMILES string of the molecule is Nc1nccc(C2CCN(C3CCN(C(=O)c4ccncc4)CC3)CC2)n1. The molecule has 7 nitrogen and oxygen atoms in total. The number of carbonyl (C=O) groups is 1. The van der Waals surface area contributed by atoms with Gasteiger partial charge in [0.15, 0.2) is 0 Å². The van der Waals surface area contributed by atoms with E-state index in [1.54, 1.807) is 30.7 Å². The summed E-state index contributed by atoms with van der Waals surface area (Å²) in [7, 11) is 0. The normalized spacial score (nSPS) is 19.9. The number of hydrogen-bond donors (Lipinski definition) is 1. The average molecular weight is 366 g/mol. The molecule has 2 aromatic heterocycles. The number of piperidine rings is 2. The molecule has 0 saturated carbocycles. The fraction of sp³-hybridized carbons (Fsp3) is 0.500. The summed E-state index contributed by atoms with van der Waals surface area (Å²) in [6.45, 7) is 3.82. The highest BCUT2D eigenvalue weighted by molar-refractivity contribution is 5.94. The van der Waals surface area contributed by atoms with Crippen molar-refractivity contribution in [2.24, 2.45) is 0 Å². The minimum absolute atomic E-state index is 0.121. The zero-order chi connectivity index (χ0) is 18.6. The van der Waals surface area contributed by atoms with Crippen LogP contribution in [-0.4, -0.2) is 62.9 Å². The summed E-state index contributed by atoms with van der Waals surface area (Å²) >= 11 is 0. The highest BCUT2D eigenvalue weighted by Gasteiger charge is 2.30. The summed E-state index contributed by atoms with van der Waals surface area (Å²) in [5.74, 6) is 0.956. The van der Waals surface area contributed by atoms with Crippen molar-refractivity contribution in [3.8, 4) is 0 Å². The Hall–Kier alpha value is -2.54. The number of aromatic nitrogens is 3. The molecule has 142 valence electrons. The lowest BCUT2D eigenvalue weighted by atomic mass is 9.91. The van der Waals surface area contributed by atoms with E-state index in [2.05, 4.69) is 19.9 Å². The smallest absolute Gasteiger partial charge is 0.253 e. The number of nitrogens with zero attached hydrogens (tertiary/aromatic N) is 5. The monoisotopic (exact) mass is 366 g/mol. The van der Waals surface area contributed by atoms with Gasteiger partial charge in [-0.15, -0.1) is 0 Å². The number of pyridine rings is 1. The van der Waals surface area contributed by atoms with Crippen molar-refractivity contribution in [2.45, 2.75) is 37.6 Å². The first-order valence-corrected chi connectivity index (χ1v) is 9.72. The fourth-order valence-corrected chi connectivity index (χ4v) is 4.29. The van der Waals surface area contributed by atoms with Crippen molar-refractivity contribution >= 4 is 11.9 Å². The van der Waals surface area contributed by atoms with Crippen molar-refractivity contribution < 1.29 is 4.79 Å². The van der Waals surface area contributed by atoms with Crippen LogP contribution in [0.15, 0.2) is 36.8 Å². The van der Waals surface area contributed by atoms with Gasteiger partial charge in [-0.2, -0.15) is 0 Å². The van der Waals surface area contributed by atoms with E-state index in [0.29, 0.717) is 17.9 Å². The van der Waals surface area contributed by atoms with E-state index in [-0.39, 0.29) is 5.91 Å². The lowest BCUT2D eigenvalue weighted by Gasteiger charge is -2.41. The Morgan fingerprint density at radius 3 is 2.33 bits per heavy atom. The van der Waals surface area contributed by atoms with E-state index in [0.717, 1.165) is 63.1 Å². The number of nitrogens with two attached hydrogens (primary N) is 1. The Bertz CT molecular complexity index is 767. The summed E-state index contributed by atoms with van der Waals surface area (Å²) in [6.07, 6.45) is 9.40. The van der Waals surface area contributed by atoms with E-state index >= 15 is 0 Å². The Labute approximate surface area is 159 Å². The first-order valence-electron chi connectivity index (χ1n) is 9.72. The molecule has 2 fully saturated rings. The van der Waals surface area contributed by atoms with Gasteiger partial charge in [0.05, 0.1) is 0 Å². The molecule has 4 heterocycles. The van der Waals surface area contributed by atoms with Crippen LogP contribution in [0, 0.1) is 0 Å². The van der Waals surface area contributed by atoms with Crippen LogP contribution in [0.3, 0.4) is 0 Å². The van der Waals surface area contributed by atoms with Gasteiger partial charge in [-0.05, 0) is 57.0 Å². The molecule has 1 amide bonds. The first-order chi connectivity index (χ1) is 13.2. The van der Waals surface area contributed by atoms with E-state index in [1.165, 1.54) is 0 Å². The quantitative estimate of drug-likeness (QED) is 0.893. The van der Waals surface area contributed by atoms with Gasteiger partial charge < -0.3 is 15.5 Å². The molecule has 0 unspecified atom stereocenters. The molecule has 2 saturated heterocycles. The minimum Gasteiger partial charge on any atom is -0.368 e. The molecule has 2 aromatic rings. The van der Waals surface area contributed by atoms with Crippen LogP contribution in [-0.2, 0) is 0 Å². The molecule has 0 atom stereocenters. The lowest BCUT2D eigenvalue weighted by molar-refractivity contribution is 0.0577. The van der Waals surface area contributed by atoms with Gasteiger partial charge in [-0.25, -0.2) is 9.97 Å². The topological polar surface area (TPSA) is 88.2 Å². The number of hydrogen-bond acceptors (Lipinski definition) is 6. The molecular weight excluding hydrogens is 340 g/mol. The number of amides is 1. The fourth-order valence-electron chi connectivity index (χ4n) is 4.29. The third kappa shape index (κ3) is 4.08. The number of nitrogen functional groups attached to an aromatic ring is 1. The Balaban J connectivity index is 1.28. The van der Waals surface area contributed by atoms with Gasteiger partial charge >= 0.3 is 0 Å². The predicted molar refractivity (Wildman–Crippen MR) is 103 cm³/mol. The second-order valence-corrected chi connectivity index (χ2v) is 7.41. The van der Waals surface area contributed by atoms with Crippen molar-refractivity contribution in [3.63, 3.8) is 0 Å². The molecule has 2 N–H and O–H groups in total. The van der Waals surface area contributed by atoms with Crippen molar-refractivity contribution in [1.29, 1.82) is 0 Å². The highest BCUT2D eigenvalue weighted by atomic mass is 16.2. The number of carbonyl (C=O) groups excluding carboxylic acids is 1. The van der Waals surface area contributed by atoms with Crippen LogP contribution in [0.1, 0.15) is 47.7 Å². The van der Waals surface area contributed by atoms with E-state index in [4.69, 9.17) is 5.73 Å². The highest BCUT2D eigenvalue weighted by Crippen LogP contribution is 2.30. The molecule has 0 bridgehead atoms. The molecule has 0 aliphatic carbocycles. The second-order valence-electron chi connectivity index (χ2n) is 7.41. The average Bonchev–Trinajstić information content (AvgIpc) is 2.74. The maximum Gasteiger partial charge on any atom is 0.253 e. The van der Waals surface area contributed by atoms with Gasteiger partial charge in [0.1, 0.15) is 0 Å². The molecule has 2 aliphatic heterocycles. The van der Waals surface area contributed by atoms with Gasteiger partial charge in [0.25, 0.3) is 5.91 Å². The third-order valence-corrected chi connectivity index (χ3v) is 5.84. The van der Waals surface area contributed by atoms with Gasteiger partial charge in [-0.1, -0.05) is 0 Å². The van der Waals surface area contributed by atoms with E-state index in [9.17, 15) is 4.79 Å². The lowest BCUT2D eigenvalue weighted by Crippen LogP contribution is -2.48. The minimum atomic E-state index is 0.121. The molecule has 0 aromatic carbocycles. The largest absolute Gasteiger partial charge is 0.368 e. The summed E-state index contributed by atoms with van der Waals surface area (Å²) in [5, 5.41) is 0. The third-order valence-electron chi connectivity index (χ3n) is 5.84. The van der Waals surface area contributed by atoms with E-state index in [1.807, 2.05) is 11.0 Å². The van der Waals surface area contributed by atoms with Crippen LogP contribution >= 0.6 is 0 Å². The predicted octanol–water partition coefficient (Wildman–Crippen LogP) is 1.94. The molecule has 4 rings (SSSR count). The molecule has 7 heteroatoms. The van der Waals surface area contributed by atoms with Crippen molar-refractivity contribution in [2.75, 3.05) is 31.9 Å². The zero-order valence-electron chi connectivity index (χ0n) is 15.5. The summed E-state index contributed by atoms with van der Waals surface area (Å²) in [5.41, 5.74) is 7.52. The van der Waals surface area contributed by atoms with Crippen LogP contribution in [0.4, 0.5) is 5.95 Å².